The predicted molar refractivity (Wildman–Crippen MR) is 95.0 cm³/mol. The van der Waals surface area contributed by atoms with Gasteiger partial charge in [-0.15, -0.1) is 11.3 Å². The van der Waals surface area contributed by atoms with E-state index in [4.69, 9.17) is 0 Å². The van der Waals surface area contributed by atoms with E-state index in [9.17, 15) is 9.59 Å². The van der Waals surface area contributed by atoms with Gasteiger partial charge in [0.1, 0.15) is 11.2 Å². The number of aldehydes is 1. The molecule has 0 saturated carbocycles. The van der Waals surface area contributed by atoms with Crippen molar-refractivity contribution < 1.29 is 9.59 Å². The number of hydrogen-bond acceptors (Lipinski definition) is 4. The second-order valence-electron chi connectivity index (χ2n) is 5.30. The van der Waals surface area contributed by atoms with E-state index in [1.165, 1.54) is 11.3 Å². The molecule has 120 valence electrons. The van der Waals surface area contributed by atoms with Crippen molar-refractivity contribution in [1.82, 2.24) is 10.3 Å². The Balaban J connectivity index is 1.75. The molecule has 0 aliphatic heterocycles. The predicted octanol–water partition coefficient (Wildman–Crippen LogP) is 3.35. The highest BCUT2D eigenvalue weighted by molar-refractivity contribution is 7.12. The molecule has 1 amide bonds. The van der Waals surface area contributed by atoms with Crippen molar-refractivity contribution in [3.05, 3.63) is 76.6 Å². The fourth-order valence-corrected chi connectivity index (χ4v) is 3.16. The zero-order valence-corrected chi connectivity index (χ0v) is 13.7. The molecule has 2 aromatic carbocycles. The second kappa shape index (κ2) is 7.66. The third-order valence-electron chi connectivity index (χ3n) is 3.60. The standard InChI is InChI=1S/C19H16N2O2S/c22-12-16(11-14-7-3-1-4-8-14)21-19(23)18-17(20-13-24-18)15-9-5-2-6-10-15/h1-10,12-13,16H,11H2,(H,21,23). The van der Waals surface area contributed by atoms with Crippen LogP contribution in [0.4, 0.5) is 0 Å². The molecule has 1 atom stereocenters. The van der Waals surface area contributed by atoms with Crippen LogP contribution in [0.3, 0.4) is 0 Å². The summed E-state index contributed by atoms with van der Waals surface area (Å²) < 4.78 is 0. The highest BCUT2D eigenvalue weighted by atomic mass is 32.1. The van der Waals surface area contributed by atoms with Gasteiger partial charge in [-0.2, -0.15) is 0 Å². The van der Waals surface area contributed by atoms with E-state index in [0.717, 1.165) is 17.4 Å². The highest BCUT2D eigenvalue weighted by Gasteiger charge is 2.19. The van der Waals surface area contributed by atoms with E-state index >= 15 is 0 Å². The number of carbonyl (C=O) groups excluding carboxylic acids is 2. The maximum absolute atomic E-state index is 12.6. The molecule has 1 unspecified atom stereocenters. The highest BCUT2D eigenvalue weighted by Crippen LogP contribution is 2.25. The lowest BCUT2D eigenvalue weighted by Gasteiger charge is -2.12. The lowest BCUT2D eigenvalue weighted by molar-refractivity contribution is -0.109. The van der Waals surface area contributed by atoms with Crippen LogP contribution in [0, 0.1) is 0 Å². The second-order valence-corrected chi connectivity index (χ2v) is 6.16. The van der Waals surface area contributed by atoms with Crippen molar-refractivity contribution in [2.45, 2.75) is 12.5 Å². The molecular formula is C19H16N2O2S. The van der Waals surface area contributed by atoms with Gasteiger partial charge < -0.3 is 10.1 Å². The molecule has 0 fully saturated rings. The number of hydrogen-bond donors (Lipinski definition) is 1. The molecule has 1 aromatic heterocycles. The topological polar surface area (TPSA) is 59.1 Å². The zero-order chi connectivity index (χ0) is 16.8. The van der Waals surface area contributed by atoms with Gasteiger partial charge in [0, 0.05) is 5.56 Å². The molecule has 0 aliphatic rings. The Bertz CT molecular complexity index is 816. The van der Waals surface area contributed by atoms with Gasteiger partial charge in [-0.1, -0.05) is 60.7 Å². The molecule has 0 saturated heterocycles. The van der Waals surface area contributed by atoms with Gasteiger partial charge in [-0.25, -0.2) is 4.98 Å². The fourth-order valence-electron chi connectivity index (χ4n) is 2.44. The molecule has 1 N–H and O–H groups in total. The number of benzene rings is 2. The van der Waals surface area contributed by atoms with Gasteiger partial charge >= 0.3 is 0 Å². The molecule has 0 spiro atoms. The van der Waals surface area contributed by atoms with E-state index in [2.05, 4.69) is 10.3 Å². The van der Waals surface area contributed by atoms with E-state index in [-0.39, 0.29) is 5.91 Å². The maximum atomic E-state index is 12.6. The third-order valence-corrected chi connectivity index (χ3v) is 4.43. The van der Waals surface area contributed by atoms with Crippen LogP contribution in [0.1, 0.15) is 15.2 Å². The quantitative estimate of drug-likeness (QED) is 0.702. The van der Waals surface area contributed by atoms with Crippen molar-refractivity contribution in [3.8, 4) is 11.3 Å². The molecule has 24 heavy (non-hydrogen) atoms. The SMILES string of the molecule is O=CC(Cc1ccccc1)NC(=O)c1scnc1-c1ccccc1. The minimum atomic E-state index is -0.564. The summed E-state index contributed by atoms with van der Waals surface area (Å²) in [6, 6.07) is 18.6. The van der Waals surface area contributed by atoms with Gasteiger partial charge in [-0.05, 0) is 12.0 Å². The summed E-state index contributed by atoms with van der Waals surface area (Å²) in [5, 5.41) is 2.79. The van der Waals surface area contributed by atoms with Gasteiger partial charge in [0.05, 0.1) is 17.2 Å². The molecule has 5 heteroatoms. The summed E-state index contributed by atoms with van der Waals surface area (Å²) in [5.74, 6) is -0.274. The van der Waals surface area contributed by atoms with Crippen LogP contribution in [-0.2, 0) is 11.2 Å². The van der Waals surface area contributed by atoms with Gasteiger partial charge in [0.15, 0.2) is 0 Å². The summed E-state index contributed by atoms with van der Waals surface area (Å²) in [5.41, 5.74) is 4.17. The number of nitrogens with zero attached hydrogens (tertiary/aromatic N) is 1. The zero-order valence-electron chi connectivity index (χ0n) is 12.9. The van der Waals surface area contributed by atoms with Crippen LogP contribution in [0.2, 0.25) is 0 Å². The number of aromatic nitrogens is 1. The molecule has 0 aliphatic carbocycles. The third kappa shape index (κ3) is 3.75. The summed E-state index contributed by atoms with van der Waals surface area (Å²) in [6.07, 6.45) is 1.24. The number of thiazole rings is 1. The summed E-state index contributed by atoms with van der Waals surface area (Å²) in [4.78, 5) is 28.7. The largest absolute Gasteiger partial charge is 0.341 e. The monoisotopic (exact) mass is 336 g/mol. The van der Waals surface area contributed by atoms with E-state index < -0.39 is 6.04 Å². The average Bonchev–Trinajstić information content (AvgIpc) is 3.12. The lowest BCUT2D eigenvalue weighted by Crippen LogP contribution is -2.37. The van der Waals surface area contributed by atoms with Crippen molar-refractivity contribution in [1.29, 1.82) is 0 Å². The van der Waals surface area contributed by atoms with Crippen LogP contribution in [-0.4, -0.2) is 23.2 Å². The van der Waals surface area contributed by atoms with Gasteiger partial charge in [-0.3, -0.25) is 4.79 Å². The summed E-state index contributed by atoms with van der Waals surface area (Å²) >= 11 is 1.27. The lowest BCUT2D eigenvalue weighted by atomic mass is 10.1. The van der Waals surface area contributed by atoms with E-state index in [1.54, 1.807) is 5.51 Å². The van der Waals surface area contributed by atoms with Crippen LogP contribution >= 0.6 is 11.3 Å². The first kappa shape index (κ1) is 16.1. The average molecular weight is 336 g/mol. The smallest absolute Gasteiger partial charge is 0.264 e. The van der Waals surface area contributed by atoms with Crippen molar-refractivity contribution in [3.63, 3.8) is 0 Å². The Hall–Kier alpha value is -2.79. The van der Waals surface area contributed by atoms with Crippen molar-refractivity contribution >= 4 is 23.5 Å². The number of amides is 1. The Kier molecular flexibility index (Phi) is 5.13. The molecule has 0 bridgehead atoms. The van der Waals surface area contributed by atoms with Crippen LogP contribution < -0.4 is 5.32 Å². The van der Waals surface area contributed by atoms with E-state index in [1.807, 2.05) is 60.7 Å². The fraction of sp³-hybridized carbons (Fsp3) is 0.105. The minimum Gasteiger partial charge on any atom is -0.341 e. The Morgan fingerprint density at radius 3 is 2.42 bits per heavy atom. The van der Waals surface area contributed by atoms with Crippen LogP contribution in [0.5, 0.6) is 0 Å². The Morgan fingerprint density at radius 2 is 1.75 bits per heavy atom. The van der Waals surface area contributed by atoms with E-state index in [0.29, 0.717) is 17.0 Å². The first-order chi connectivity index (χ1) is 11.8. The number of nitrogens with one attached hydrogen (secondary N) is 1. The number of carbonyl (C=O) groups is 2. The van der Waals surface area contributed by atoms with Crippen LogP contribution in [0.15, 0.2) is 66.2 Å². The number of rotatable bonds is 6. The normalized spacial score (nSPS) is 11.7. The molecule has 3 rings (SSSR count). The minimum absolute atomic E-state index is 0.274. The van der Waals surface area contributed by atoms with Crippen molar-refractivity contribution in [2.75, 3.05) is 0 Å². The van der Waals surface area contributed by atoms with Crippen LogP contribution in [0.25, 0.3) is 11.3 Å². The molecule has 3 aromatic rings. The van der Waals surface area contributed by atoms with Gasteiger partial charge in [0.25, 0.3) is 5.91 Å². The summed E-state index contributed by atoms with van der Waals surface area (Å²) in [6.45, 7) is 0. The summed E-state index contributed by atoms with van der Waals surface area (Å²) in [7, 11) is 0. The Labute approximate surface area is 144 Å². The molecule has 4 nitrogen and oxygen atoms in total. The Morgan fingerprint density at radius 1 is 1.08 bits per heavy atom. The first-order valence-corrected chi connectivity index (χ1v) is 8.45. The van der Waals surface area contributed by atoms with Crippen molar-refractivity contribution in [2.24, 2.45) is 0 Å². The first-order valence-electron chi connectivity index (χ1n) is 7.57. The molecular weight excluding hydrogens is 320 g/mol. The maximum Gasteiger partial charge on any atom is 0.264 e. The van der Waals surface area contributed by atoms with Gasteiger partial charge in [0.2, 0.25) is 0 Å². The molecule has 0 radical (unpaired) electrons. The molecule has 1 heterocycles.